The van der Waals surface area contributed by atoms with Crippen LogP contribution in [0.5, 0.6) is 0 Å². The van der Waals surface area contributed by atoms with E-state index in [0.29, 0.717) is 0 Å². The lowest BCUT2D eigenvalue weighted by molar-refractivity contribution is 0.529. The fraction of sp³-hybridized carbons (Fsp3) is 0.556. The van der Waals surface area contributed by atoms with Gasteiger partial charge in [-0.05, 0) is 43.7 Å². The molecule has 0 aliphatic heterocycles. The van der Waals surface area contributed by atoms with Gasteiger partial charge in [-0.1, -0.05) is 0 Å². The summed E-state index contributed by atoms with van der Waals surface area (Å²) in [5, 5.41) is 0. The van der Waals surface area contributed by atoms with E-state index in [4.69, 9.17) is 4.42 Å². The van der Waals surface area contributed by atoms with Crippen molar-refractivity contribution in [3.63, 3.8) is 0 Å². The first-order valence-electron chi connectivity index (χ1n) is 3.83. The predicted octanol–water partition coefficient (Wildman–Crippen LogP) is 2.77. The van der Waals surface area contributed by atoms with Gasteiger partial charge < -0.3 is 4.42 Å². The summed E-state index contributed by atoms with van der Waals surface area (Å²) < 4.78 is 5.30. The Kier molecular flexibility index (Phi) is 1.13. The van der Waals surface area contributed by atoms with E-state index >= 15 is 0 Å². The molecule has 0 N–H and O–H groups in total. The minimum absolute atomic E-state index is 0.831. The van der Waals surface area contributed by atoms with Crippen LogP contribution in [0, 0.1) is 13.8 Å². The molecule has 2 rings (SSSR count). The van der Waals surface area contributed by atoms with Crippen LogP contribution in [0.25, 0.3) is 0 Å². The molecule has 10 heavy (non-hydrogen) atoms. The summed E-state index contributed by atoms with van der Waals surface area (Å²) in [5.74, 6) is 1.92. The Morgan fingerprint density at radius 3 is 2.50 bits per heavy atom. The lowest BCUT2D eigenvalue weighted by Crippen LogP contribution is -1.78. The molecule has 0 radical (unpaired) electrons. The molecule has 54 valence electrons. The van der Waals surface area contributed by atoms with Crippen LogP contribution in [0.3, 0.4) is 0 Å². The highest BCUT2D eigenvalue weighted by molar-refractivity contribution is 5.31. The first kappa shape index (κ1) is 6.02. The van der Waals surface area contributed by atoms with E-state index in [0.717, 1.165) is 11.7 Å². The third kappa shape index (κ3) is 0.772. The normalized spacial score (nSPS) is 17.8. The van der Waals surface area contributed by atoms with Crippen molar-refractivity contribution >= 4 is 0 Å². The van der Waals surface area contributed by atoms with Crippen molar-refractivity contribution in [1.29, 1.82) is 0 Å². The van der Waals surface area contributed by atoms with Gasteiger partial charge in [-0.15, -0.1) is 0 Å². The molecule has 0 unspecified atom stereocenters. The van der Waals surface area contributed by atoms with Gasteiger partial charge in [-0.25, -0.2) is 0 Å². The number of hydrogen-bond acceptors (Lipinski definition) is 1. The zero-order chi connectivity index (χ0) is 7.14. The molecule has 0 amide bonds. The maximum atomic E-state index is 5.30. The second-order valence-electron chi connectivity index (χ2n) is 3.15. The molecule has 0 aromatic carbocycles. The minimum Gasteiger partial charge on any atom is -0.469 e. The Bertz CT molecular complexity index is 243. The zero-order valence-electron chi connectivity index (χ0n) is 6.48. The van der Waals surface area contributed by atoms with Crippen LogP contribution < -0.4 is 0 Å². The smallest absolute Gasteiger partial charge is 0.103 e. The summed E-state index contributed by atoms with van der Waals surface area (Å²) in [7, 11) is 0. The lowest BCUT2D eigenvalue weighted by atomic mass is 10.1. The van der Waals surface area contributed by atoms with E-state index in [1.807, 2.05) is 13.2 Å². The van der Waals surface area contributed by atoms with Crippen LogP contribution >= 0.6 is 0 Å². The molecule has 1 fully saturated rings. The van der Waals surface area contributed by atoms with E-state index in [-0.39, 0.29) is 0 Å². The van der Waals surface area contributed by atoms with Gasteiger partial charge in [0, 0.05) is 0 Å². The van der Waals surface area contributed by atoms with Gasteiger partial charge in [0.2, 0.25) is 0 Å². The number of hydrogen-bond donors (Lipinski definition) is 0. The molecule has 1 saturated carbocycles. The topological polar surface area (TPSA) is 13.1 Å². The van der Waals surface area contributed by atoms with Crippen molar-refractivity contribution in [3.8, 4) is 0 Å². The Balaban J connectivity index is 2.40. The Hall–Kier alpha value is -0.720. The molecule has 0 saturated heterocycles. The summed E-state index contributed by atoms with van der Waals surface area (Å²) >= 11 is 0. The van der Waals surface area contributed by atoms with E-state index in [9.17, 15) is 0 Å². The Morgan fingerprint density at radius 2 is 2.10 bits per heavy atom. The van der Waals surface area contributed by atoms with Crippen LogP contribution in [0.2, 0.25) is 0 Å². The summed E-state index contributed by atoms with van der Waals surface area (Å²) in [6.07, 6.45) is 4.64. The molecule has 1 heterocycles. The average molecular weight is 136 g/mol. The quantitative estimate of drug-likeness (QED) is 0.578. The van der Waals surface area contributed by atoms with Gasteiger partial charge >= 0.3 is 0 Å². The highest BCUT2D eigenvalue weighted by Crippen LogP contribution is 2.42. The molecule has 1 aromatic rings. The third-order valence-corrected chi connectivity index (χ3v) is 2.34. The molecule has 1 aromatic heterocycles. The molecule has 0 atom stereocenters. The summed E-state index contributed by atoms with van der Waals surface area (Å²) in [6, 6.07) is 0. The summed E-state index contributed by atoms with van der Waals surface area (Å²) in [5.41, 5.74) is 2.81. The standard InChI is InChI=1S/C9H12O/c1-6-7(2)10-5-9(6)8-3-4-8/h5,8H,3-4H2,1-2H3. The maximum Gasteiger partial charge on any atom is 0.103 e. The monoisotopic (exact) mass is 136 g/mol. The highest BCUT2D eigenvalue weighted by atomic mass is 16.3. The van der Waals surface area contributed by atoms with Crippen molar-refractivity contribution in [1.82, 2.24) is 0 Å². The fourth-order valence-corrected chi connectivity index (χ4v) is 1.33. The van der Waals surface area contributed by atoms with Crippen LogP contribution in [0.1, 0.15) is 35.6 Å². The molecular formula is C9H12O. The molecule has 0 bridgehead atoms. The van der Waals surface area contributed by atoms with E-state index in [1.165, 1.54) is 24.0 Å². The summed E-state index contributed by atoms with van der Waals surface area (Å²) in [6.45, 7) is 4.17. The molecule has 1 nitrogen and oxygen atoms in total. The van der Waals surface area contributed by atoms with Crippen molar-refractivity contribution < 1.29 is 4.42 Å². The zero-order valence-corrected chi connectivity index (χ0v) is 6.48. The van der Waals surface area contributed by atoms with Crippen molar-refractivity contribution in [2.24, 2.45) is 0 Å². The predicted molar refractivity (Wildman–Crippen MR) is 40.2 cm³/mol. The number of aryl methyl sites for hydroxylation is 1. The second-order valence-corrected chi connectivity index (χ2v) is 3.15. The number of rotatable bonds is 1. The third-order valence-electron chi connectivity index (χ3n) is 2.34. The SMILES string of the molecule is Cc1occ(C2CC2)c1C. The second kappa shape index (κ2) is 1.88. The number of furan rings is 1. The Morgan fingerprint density at radius 1 is 1.40 bits per heavy atom. The first-order valence-corrected chi connectivity index (χ1v) is 3.83. The van der Waals surface area contributed by atoms with Gasteiger partial charge in [-0.3, -0.25) is 0 Å². The average Bonchev–Trinajstić information content (AvgIpc) is 2.67. The molecular weight excluding hydrogens is 124 g/mol. The highest BCUT2D eigenvalue weighted by Gasteiger charge is 2.26. The van der Waals surface area contributed by atoms with Crippen LogP contribution in [-0.4, -0.2) is 0 Å². The van der Waals surface area contributed by atoms with Gasteiger partial charge in [0.1, 0.15) is 5.76 Å². The van der Waals surface area contributed by atoms with Gasteiger partial charge in [0.15, 0.2) is 0 Å². The minimum atomic E-state index is 0.831. The molecule has 1 heteroatoms. The first-order chi connectivity index (χ1) is 4.79. The van der Waals surface area contributed by atoms with Gasteiger partial charge in [0.25, 0.3) is 0 Å². The van der Waals surface area contributed by atoms with Crippen LogP contribution in [0.15, 0.2) is 10.7 Å². The van der Waals surface area contributed by atoms with E-state index in [2.05, 4.69) is 6.92 Å². The molecule has 1 aliphatic carbocycles. The molecule has 1 aliphatic rings. The van der Waals surface area contributed by atoms with Crippen molar-refractivity contribution in [3.05, 3.63) is 23.2 Å². The Labute approximate surface area is 61.0 Å². The van der Waals surface area contributed by atoms with Crippen molar-refractivity contribution in [2.45, 2.75) is 32.6 Å². The largest absolute Gasteiger partial charge is 0.469 e. The van der Waals surface area contributed by atoms with Crippen LogP contribution in [0.4, 0.5) is 0 Å². The van der Waals surface area contributed by atoms with Gasteiger partial charge in [0.05, 0.1) is 6.26 Å². The molecule has 0 spiro atoms. The van der Waals surface area contributed by atoms with Crippen LogP contribution in [-0.2, 0) is 0 Å². The van der Waals surface area contributed by atoms with Gasteiger partial charge in [-0.2, -0.15) is 0 Å². The fourth-order valence-electron chi connectivity index (χ4n) is 1.33. The van der Waals surface area contributed by atoms with E-state index in [1.54, 1.807) is 0 Å². The van der Waals surface area contributed by atoms with E-state index < -0.39 is 0 Å². The summed E-state index contributed by atoms with van der Waals surface area (Å²) in [4.78, 5) is 0. The maximum absolute atomic E-state index is 5.30. The lowest BCUT2D eigenvalue weighted by Gasteiger charge is -1.91. The van der Waals surface area contributed by atoms with Crippen molar-refractivity contribution in [2.75, 3.05) is 0 Å².